The second kappa shape index (κ2) is 6.88. The molecule has 7 nitrogen and oxygen atoms in total. The highest BCUT2D eigenvalue weighted by Crippen LogP contribution is 2.18. The van der Waals surface area contributed by atoms with Crippen LogP contribution >= 0.6 is 0 Å². The number of nitrogens with one attached hydrogen (secondary N) is 1. The lowest BCUT2D eigenvalue weighted by Crippen LogP contribution is -2.18. The van der Waals surface area contributed by atoms with Crippen molar-refractivity contribution >= 4 is 28.7 Å². The van der Waals surface area contributed by atoms with E-state index < -0.39 is 10.8 Å². The van der Waals surface area contributed by atoms with Crippen LogP contribution in [0.3, 0.4) is 0 Å². The summed E-state index contributed by atoms with van der Waals surface area (Å²) in [5.41, 5.74) is 4.52. The van der Waals surface area contributed by atoms with Crippen molar-refractivity contribution < 1.29 is 9.72 Å². The molecule has 25 heavy (non-hydrogen) atoms. The summed E-state index contributed by atoms with van der Waals surface area (Å²) in [5.74, 6) is -0.406. The number of pyridine rings is 1. The number of carbonyl (C=O) groups excluding carboxylic acids is 1. The standard InChI is InChI=1S/C18H14N4O3/c1-12-10-15(14-7-3-4-8-16(14)20-12)18(23)21-19-11-13-6-2-5-9-17(13)22(24)25/h2-11H,1H3,(H,21,23)/b19-11+. The smallest absolute Gasteiger partial charge is 0.267 e. The first-order chi connectivity index (χ1) is 12.1. The van der Waals surface area contributed by atoms with Crippen LogP contribution in [0.5, 0.6) is 0 Å². The molecule has 1 heterocycles. The summed E-state index contributed by atoms with van der Waals surface area (Å²) < 4.78 is 0. The molecule has 0 spiro atoms. The van der Waals surface area contributed by atoms with E-state index >= 15 is 0 Å². The molecule has 1 N–H and O–H groups in total. The van der Waals surface area contributed by atoms with Gasteiger partial charge in [0.2, 0.25) is 0 Å². The molecule has 2 aromatic carbocycles. The van der Waals surface area contributed by atoms with Gasteiger partial charge in [0.25, 0.3) is 11.6 Å². The molecule has 7 heteroatoms. The van der Waals surface area contributed by atoms with Crippen LogP contribution in [0.2, 0.25) is 0 Å². The molecule has 0 unspecified atom stereocenters. The number of para-hydroxylation sites is 2. The van der Waals surface area contributed by atoms with Gasteiger partial charge in [0.05, 0.1) is 27.8 Å². The van der Waals surface area contributed by atoms with Gasteiger partial charge in [0.1, 0.15) is 0 Å². The highest BCUT2D eigenvalue weighted by molar-refractivity contribution is 6.06. The van der Waals surface area contributed by atoms with Crippen molar-refractivity contribution in [1.29, 1.82) is 0 Å². The Bertz CT molecular complexity index is 999. The van der Waals surface area contributed by atoms with E-state index in [-0.39, 0.29) is 5.69 Å². The van der Waals surface area contributed by atoms with Crippen LogP contribution in [0.15, 0.2) is 59.7 Å². The minimum atomic E-state index is -0.497. The number of aromatic nitrogens is 1. The average molecular weight is 334 g/mol. The van der Waals surface area contributed by atoms with Crippen molar-refractivity contribution in [3.63, 3.8) is 0 Å². The summed E-state index contributed by atoms with van der Waals surface area (Å²) in [6, 6.07) is 15.2. The molecule has 0 radical (unpaired) electrons. The molecule has 3 rings (SSSR count). The molecule has 0 saturated heterocycles. The number of aryl methyl sites for hydroxylation is 1. The number of nitrogens with zero attached hydrogens (tertiary/aromatic N) is 3. The van der Waals surface area contributed by atoms with Crippen molar-refractivity contribution in [2.75, 3.05) is 0 Å². The van der Waals surface area contributed by atoms with Crippen LogP contribution in [0.4, 0.5) is 5.69 Å². The summed E-state index contributed by atoms with van der Waals surface area (Å²) in [6.07, 6.45) is 1.26. The molecule has 0 fully saturated rings. The lowest BCUT2D eigenvalue weighted by atomic mass is 10.1. The maximum absolute atomic E-state index is 12.4. The van der Waals surface area contributed by atoms with Gasteiger partial charge >= 0.3 is 0 Å². The van der Waals surface area contributed by atoms with Gasteiger partial charge in [0, 0.05) is 17.1 Å². The fraction of sp³-hybridized carbons (Fsp3) is 0.0556. The minimum Gasteiger partial charge on any atom is -0.267 e. The quantitative estimate of drug-likeness (QED) is 0.450. The maximum atomic E-state index is 12.4. The van der Waals surface area contributed by atoms with E-state index in [0.29, 0.717) is 22.2 Å². The number of hydrogen-bond acceptors (Lipinski definition) is 5. The van der Waals surface area contributed by atoms with Crippen molar-refractivity contribution in [1.82, 2.24) is 10.4 Å². The van der Waals surface area contributed by atoms with Crippen molar-refractivity contribution in [3.8, 4) is 0 Å². The third-order valence-electron chi connectivity index (χ3n) is 3.59. The highest BCUT2D eigenvalue weighted by atomic mass is 16.6. The number of carbonyl (C=O) groups is 1. The summed E-state index contributed by atoms with van der Waals surface area (Å²) in [7, 11) is 0. The fourth-order valence-corrected chi connectivity index (χ4v) is 2.48. The van der Waals surface area contributed by atoms with Gasteiger partial charge < -0.3 is 0 Å². The molecule has 0 aliphatic rings. The number of hydrogen-bond donors (Lipinski definition) is 1. The van der Waals surface area contributed by atoms with Crippen LogP contribution < -0.4 is 5.43 Å². The monoisotopic (exact) mass is 334 g/mol. The Balaban J connectivity index is 1.86. The number of amides is 1. The predicted octanol–water partition coefficient (Wildman–Crippen LogP) is 3.22. The number of benzene rings is 2. The van der Waals surface area contributed by atoms with E-state index in [4.69, 9.17) is 0 Å². The van der Waals surface area contributed by atoms with Crippen LogP contribution in [-0.4, -0.2) is 22.0 Å². The van der Waals surface area contributed by atoms with Gasteiger partial charge in [-0.1, -0.05) is 30.3 Å². The topological polar surface area (TPSA) is 97.5 Å². The molecular weight excluding hydrogens is 320 g/mol. The van der Waals surface area contributed by atoms with Gasteiger partial charge in [-0.2, -0.15) is 5.10 Å². The molecule has 124 valence electrons. The van der Waals surface area contributed by atoms with E-state index in [1.165, 1.54) is 12.3 Å². The largest absolute Gasteiger partial charge is 0.278 e. The number of hydrazone groups is 1. The Kier molecular flexibility index (Phi) is 4.47. The second-order valence-electron chi connectivity index (χ2n) is 5.34. The first-order valence-electron chi connectivity index (χ1n) is 7.49. The predicted molar refractivity (Wildman–Crippen MR) is 94.6 cm³/mol. The number of nitro groups is 1. The Labute approximate surface area is 143 Å². The highest BCUT2D eigenvalue weighted by Gasteiger charge is 2.12. The third kappa shape index (κ3) is 3.50. The van der Waals surface area contributed by atoms with Crippen molar-refractivity contribution in [3.05, 3.63) is 81.5 Å². The minimum absolute atomic E-state index is 0.0781. The van der Waals surface area contributed by atoms with E-state index in [9.17, 15) is 14.9 Å². The fourth-order valence-electron chi connectivity index (χ4n) is 2.48. The van der Waals surface area contributed by atoms with Crippen LogP contribution in [0.1, 0.15) is 21.6 Å². The number of fused-ring (bicyclic) bond motifs is 1. The first-order valence-corrected chi connectivity index (χ1v) is 7.49. The van der Waals surface area contributed by atoms with Crippen LogP contribution in [-0.2, 0) is 0 Å². The Morgan fingerprint density at radius 1 is 1.20 bits per heavy atom. The average Bonchev–Trinajstić information content (AvgIpc) is 2.61. The van der Waals surface area contributed by atoms with Gasteiger partial charge in [0.15, 0.2) is 0 Å². The lowest BCUT2D eigenvalue weighted by molar-refractivity contribution is -0.385. The zero-order valence-electron chi connectivity index (χ0n) is 13.3. The van der Waals surface area contributed by atoms with Gasteiger partial charge in [-0.25, -0.2) is 5.43 Å². The molecule has 0 aliphatic heterocycles. The zero-order chi connectivity index (χ0) is 17.8. The summed E-state index contributed by atoms with van der Waals surface area (Å²) in [6.45, 7) is 1.81. The van der Waals surface area contributed by atoms with Gasteiger partial charge in [-0.3, -0.25) is 19.9 Å². The Morgan fingerprint density at radius 2 is 1.92 bits per heavy atom. The van der Waals surface area contributed by atoms with Gasteiger partial charge in [-0.15, -0.1) is 0 Å². The number of rotatable bonds is 4. The third-order valence-corrected chi connectivity index (χ3v) is 3.59. The molecule has 0 saturated carbocycles. The molecule has 3 aromatic rings. The second-order valence-corrected chi connectivity index (χ2v) is 5.34. The summed E-state index contributed by atoms with van der Waals surface area (Å²) in [5, 5.41) is 15.5. The summed E-state index contributed by atoms with van der Waals surface area (Å²) in [4.78, 5) is 27.3. The lowest BCUT2D eigenvalue weighted by Gasteiger charge is -2.06. The Morgan fingerprint density at radius 3 is 2.72 bits per heavy atom. The Hall–Kier alpha value is -3.61. The molecule has 1 amide bonds. The van der Waals surface area contributed by atoms with E-state index in [0.717, 1.165) is 5.52 Å². The van der Waals surface area contributed by atoms with E-state index in [1.807, 2.05) is 24.3 Å². The molecule has 1 aromatic heterocycles. The van der Waals surface area contributed by atoms with Gasteiger partial charge in [-0.05, 0) is 25.1 Å². The van der Waals surface area contributed by atoms with Crippen LogP contribution in [0.25, 0.3) is 10.9 Å². The van der Waals surface area contributed by atoms with Crippen molar-refractivity contribution in [2.24, 2.45) is 5.10 Å². The normalized spacial score (nSPS) is 10.9. The van der Waals surface area contributed by atoms with E-state index in [2.05, 4.69) is 15.5 Å². The molecule has 0 aliphatic carbocycles. The first kappa shape index (κ1) is 16.3. The molecule has 0 bridgehead atoms. The maximum Gasteiger partial charge on any atom is 0.278 e. The molecule has 0 atom stereocenters. The van der Waals surface area contributed by atoms with Crippen LogP contribution in [0, 0.1) is 17.0 Å². The molecular formula is C18H14N4O3. The van der Waals surface area contributed by atoms with E-state index in [1.54, 1.807) is 31.2 Å². The number of nitro benzene ring substituents is 1. The summed E-state index contributed by atoms with van der Waals surface area (Å²) >= 11 is 0. The van der Waals surface area contributed by atoms with Crippen molar-refractivity contribution in [2.45, 2.75) is 6.92 Å². The zero-order valence-corrected chi connectivity index (χ0v) is 13.3. The SMILES string of the molecule is Cc1cc(C(=O)N/N=C/c2ccccc2[N+](=O)[O-])c2ccccc2n1.